The zero-order valence-corrected chi connectivity index (χ0v) is 13.2. The van der Waals surface area contributed by atoms with Gasteiger partial charge in [-0.3, -0.25) is 4.79 Å². The molecule has 1 aliphatic rings. The van der Waals surface area contributed by atoms with Gasteiger partial charge in [0, 0.05) is 17.5 Å². The average molecular weight is 318 g/mol. The van der Waals surface area contributed by atoms with Crippen molar-refractivity contribution in [2.75, 3.05) is 12.4 Å². The van der Waals surface area contributed by atoms with Crippen LogP contribution in [0.1, 0.15) is 19.0 Å². The first-order valence-electron chi connectivity index (χ1n) is 7.36. The molecule has 2 aromatic rings. The summed E-state index contributed by atoms with van der Waals surface area (Å²) in [6.07, 6.45) is 1.73. The van der Waals surface area contributed by atoms with Gasteiger partial charge < -0.3 is 14.5 Å². The smallest absolute Gasteiger partial charge is 0.251 e. The van der Waals surface area contributed by atoms with Crippen LogP contribution in [0.2, 0.25) is 0 Å². The lowest BCUT2D eigenvalue weighted by Crippen LogP contribution is -2.31. The van der Waals surface area contributed by atoms with Crippen LogP contribution in [-0.2, 0) is 6.42 Å². The lowest BCUT2D eigenvalue weighted by Gasteiger charge is -2.25. The highest BCUT2D eigenvalue weighted by molar-refractivity contribution is 7.99. The fraction of sp³-hybridized carbons (Fsp3) is 0.375. The summed E-state index contributed by atoms with van der Waals surface area (Å²) in [5.74, 6) is 2.22. The van der Waals surface area contributed by atoms with Crippen molar-refractivity contribution < 1.29 is 9.47 Å². The topological polar surface area (TPSA) is 64.2 Å². The fourth-order valence-corrected chi connectivity index (χ4v) is 3.12. The molecule has 0 unspecified atom stereocenters. The second-order valence-corrected chi connectivity index (χ2v) is 6.11. The maximum atomic E-state index is 11.6. The van der Waals surface area contributed by atoms with Gasteiger partial charge in [-0.2, -0.15) is 0 Å². The summed E-state index contributed by atoms with van der Waals surface area (Å²) >= 11 is 1.48. The van der Waals surface area contributed by atoms with Crippen molar-refractivity contribution in [1.29, 1.82) is 0 Å². The van der Waals surface area contributed by atoms with E-state index in [1.807, 2.05) is 24.3 Å². The standard InChI is InChI=1S/C16H18N2O3S/c1-2-5-11-8-15(19)18-16(17-11)22-10-12-9-20-13-6-3-4-7-14(13)21-12/h3-4,6-8,12H,2,5,9-10H2,1H3,(H,17,18,19)/t12-/m0/s1. The molecule has 3 rings (SSSR count). The van der Waals surface area contributed by atoms with Crippen molar-refractivity contribution in [2.24, 2.45) is 0 Å². The number of H-pyrrole nitrogens is 1. The number of rotatable bonds is 5. The highest BCUT2D eigenvalue weighted by Crippen LogP contribution is 2.32. The number of nitrogens with zero attached hydrogens (tertiary/aromatic N) is 1. The van der Waals surface area contributed by atoms with Gasteiger partial charge in [0.15, 0.2) is 16.7 Å². The molecule has 5 nitrogen and oxygen atoms in total. The second-order valence-electron chi connectivity index (χ2n) is 5.10. The van der Waals surface area contributed by atoms with E-state index in [1.54, 1.807) is 6.07 Å². The molecule has 0 radical (unpaired) electrons. The molecule has 1 atom stereocenters. The zero-order chi connectivity index (χ0) is 15.4. The summed E-state index contributed by atoms with van der Waals surface area (Å²) in [5.41, 5.74) is 0.729. The van der Waals surface area contributed by atoms with Crippen molar-refractivity contribution >= 4 is 11.8 Å². The Morgan fingerprint density at radius 2 is 2.18 bits per heavy atom. The molecule has 0 saturated heterocycles. The van der Waals surface area contributed by atoms with Crippen molar-refractivity contribution in [2.45, 2.75) is 31.0 Å². The lowest BCUT2D eigenvalue weighted by molar-refractivity contribution is 0.107. The predicted molar refractivity (Wildman–Crippen MR) is 85.9 cm³/mol. The molecule has 116 valence electrons. The number of hydrogen-bond donors (Lipinski definition) is 1. The Kier molecular flexibility index (Phi) is 4.68. The SMILES string of the molecule is CCCc1cc(=O)[nH]c(SC[C@@H]2COc3ccccc3O2)n1. The van der Waals surface area contributed by atoms with Gasteiger partial charge in [0.05, 0.1) is 0 Å². The molecule has 1 aliphatic heterocycles. The molecule has 0 saturated carbocycles. The van der Waals surface area contributed by atoms with E-state index < -0.39 is 0 Å². The molecule has 0 amide bonds. The van der Waals surface area contributed by atoms with Gasteiger partial charge in [-0.1, -0.05) is 37.2 Å². The number of fused-ring (bicyclic) bond motifs is 1. The van der Waals surface area contributed by atoms with E-state index >= 15 is 0 Å². The third-order valence-corrected chi connectivity index (χ3v) is 4.26. The molecule has 6 heteroatoms. The Balaban J connectivity index is 1.63. The summed E-state index contributed by atoms with van der Waals surface area (Å²) in [5, 5.41) is 0.637. The normalized spacial score (nSPS) is 16.5. The largest absolute Gasteiger partial charge is 0.486 e. The van der Waals surface area contributed by atoms with E-state index in [9.17, 15) is 4.79 Å². The van der Waals surface area contributed by atoms with Gasteiger partial charge in [-0.15, -0.1) is 0 Å². The van der Waals surface area contributed by atoms with Crippen LogP contribution in [-0.4, -0.2) is 28.4 Å². The van der Waals surface area contributed by atoms with Gasteiger partial charge >= 0.3 is 0 Å². The van der Waals surface area contributed by atoms with E-state index in [1.165, 1.54) is 11.8 Å². The Bertz CT molecular complexity index is 702. The molecular weight excluding hydrogens is 300 g/mol. The minimum Gasteiger partial charge on any atom is -0.486 e. The average Bonchev–Trinajstić information content (AvgIpc) is 2.52. The van der Waals surface area contributed by atoms with Crippen LogP contribution in [0.3, 0.4) is 0 Å². The van der Waals surface area contributed by atoms with E-state index in [4.69, 9.17) is 9.47 Å². The summed E-state index contributed by atoms with van der Waals surface area (Å²) in [4.78, 5) is 18.9. The van der Waals surface area contributed by atoms with Crippen LogP contribution < -0.4 is 15.0 Å². The first-order valence-corrected chi connectivity index (χ1v) is 8.34. The number of benzene rings is 1. The molecule has 0 spiro atoms. The van der Waals surface area contributed by atoms with Gasteiger partial charge in [-0.25, -0.2) is 4.98 Å². The van der Waals surface area contributed by atoms with Crippen LogP contribution in [0, 0.1) is 0 Å². The minimum absolute atomic E-state index is 0.0555. The van der Waals surface area contributed by atoms with E-state index in [2.05, 4.69) is 16.9 Å². The second kappa shape index (κ2) is 6.87. The van der Waals surface area contributed by atoms with Crippen molar-refractivity contribution in [3.05, 3.63) is 46.4 Å². The Hall–Kier alpha value is -1.95. The molecule has 0 aliphatic carbocycles. The summed E-state index contributed by atoms with van der Waals surface area (Å²) in [7, 11) is 0. The van der Waals surface area contributed by atoms with Gasteiger partial charge in [0.2, 0.25) is 0 Å². The molecule has 1 N–H and O–H groups in total. The van der Waals surface area contributed by atoms with Gasteiger partial charge in [-0.05, 0) is 18.6 Å². The minimum atomic E-state index is -0.105. The number of hydrogen-bond acceptors (Lipinski definition) is 5. The highest BCUT2D eigenvalue weighted by atomic mass is 32.2. The molecule has 22 heavy (non-hydrogen) atoms. The molecule has 2 heterocycles. The fourth-order valence-electron chi connectivity index (χ4n) is 2.25. The summed E-state index contributed by atoms with van der Waals surface area (Å²) < 4.78 is 11.6. The number of thioether (sulfide) groups is 1. The monoisotopic (exact) mass is 318 g/mol. The van der Waals surface area contributed by atoms with E-state index in [0.717, 1.165) is 30.0 Å². The maximum absolute atomic E-state index is 11.6. The van der Waals surface area contributed by atoms with Crippen LogP contribution in [0.4, 0.5) is 0 Å². The first-order chi connectivity index (χ1) is 10.7. The summed E-state index contributed by atoms with van der Waals surface area (Å²) in [6, 6.07) is 9.19. The van der Waals surface area contributed by atoms with Gasteiger partial charge in [0.1, 0.15) is 12.7 Å². The quantitative estimate of drug-likeness (QED) is 0.678. The number of aromatic amines is 1. The van der Waals surface area contributed by atoms with Crippen molar-refractivity contribution in [3.8, 4) is 11.5 Å². The van der Waals surface area contributed by atoms with E-state index in [0.29, 0.717) is 17.5 Å². The van der Waals surface area contributed by atoms with E-state index in [-0.39, 0.29) is 11.7 Å². The predicted octanol–water partition coefficient (Wildman–Crippen LogP) is 2.65. The zero-order valence-electron chi connectivity index (χ0n) is 12.4. The number of aromatic nitrogens is 2. The van der Waals surface area contributed by atoms with Crippen molar-refractivity contribution in [3.63, 3.8) is 0 Å². The molecule has 1 aromatic carbocycles. The van der Waals surface area contributed by atoms with Crippen LogP contribution in [0.25, 0.3) is 0 Å². The van der Waals surface area contributed by atoms with Crippen molar-refractivity contribution in [1.82, 2.24) is 9.97 Å². The Morgan fingerprint density at radius 1 is 1.36 bits per heavy atom. The maximum Gasteiger partial charge on any atom is 0.251 e. The lowest BCUT2D eigenvalue weighted by atomic mass is 10.2. The third-order valence-electron chi connectivity index (χ3n) is 3.25. The number of ether oxygens (including phenoxy) is 2. The summed E-state index contributed by atoms with van der Waals surface area (Å²) in [6.45, 7) is 2.57. The van der Waals surface area contributed by atoms with Gasteiger partial charge in [0.25, 0.3) is 5.56 Å². The Morgan fingerprint density at radius 3 is 3.00 bits per heavy atom. The third kappa shape index (κ3) is 3.62. The highest BCUT2D eigenvalue weighted by Gasteiger charge is 2.21. The molecule has 1 aromatic heterocycles. The van der Waals surface area contributed by atoms with Crippen LogP contribution in [0.5, 0.6) is 11.5 Å². The molecule has 0 bridgehead atoms. The first kappa shape index (κ1) is 15.0. The number of nitrogens with one attached hydrogen (secondary N) is 1. The van der Waals surface area contributed by atoms with Crippen LogP contribution in [0.15, 0.2) is 40.3 Å². The Labute approximate surface area is 133 Å². The molecular formula is C16H18N2O3S. The molecule has 0 fully saturated rings. The number of aryl methyl sites for hydroxylation is 1. The number of para-hydroxylation sites is 2. The van der Waals surface area contributed by atoms with Crippen LogP contribution >= 0.6 is 11.8 Å².